The van der Waals surface area contributed by atoms with Crippen molar-refractivity contribution < 1.29 is 9.13 Å². The van der Waals surface area contributed by atoms with Gasteiger partial charge in [-0.05, 0) is 31.2 Å². The second kappa shape index (κ2) is 6.17. The summed E-state index contributed by atoms with van der Waals surface area (Å²) < 4.78 is 18.8. The summed E-state index contributed by atoms with van der Waals surface area (Å²) in [6.45, 7) is 2.21. The van der Waals surface area contributed by atoms with Gasteiger partial charge in [-0.2, -0.15) is 0 Å². The number of nitrogens with two attached hydrogens (primary N) is 1. The molecule has 19 heavy (non-hydrogen) atoms. The number of hydrogen-bond donors (Lipinski definition) is 1. The molecule has 0 atom stereocenters. The zero-order chi connectivity index (χ0) is 13.8. The summed E-state index contributed by atoms with van der Waals surface area (Å²) in [7, 11) is 0. The minimum absolute atomic E-state index is 0.209. The van der Waals surface area contributed by atoms with Crippen LogP contribution in [0.25, 0.3) is 0 Å². The van der Waals surface area contributed by atoms with Crippen molar-refractivity contribution in [2.75, 3.05) is 12.3 Å². The van der Waals surface area contributed by atoms with Crippen LogP contribution in [0.1, 0.15) is 6.92 Å². The first-order valence-corrected chi connectivity index (χ1v) is 6.95. The first-order valence-electron chi connectivity index (χ1n) is 5.75. The zero-order valence-electron chi connectivity index (χ0n) is 10.3. The lowest BCUT2D eigenvalue weighted by molar-refractivity contribution is 0.321. The fourth-order valence-electron chi connectivity index (χ4n) is 1.56. The third-order valence-corrected chi connectivity index (χ3v) is 3.69. The molecule has 0 unspecified atom stereocenters. The smallest absolute Gasteiger partial charge is 0.167 e. The minimum atomic E-state index is -0.449. The predicted molar refractivity (Wildman–Crippen MR) is 77.6 cm³/mol. The van der Waals surface area contributed by atoms with Gasteiger partial charge in [-0.25, -0.2) is 4.39 Å². The van der Waals surface area contributed by atoms with Crippen molar-refractivity contribution in [3.8, 4) is 5.75 Å². The Morgan fingerprint density at radius 2 is 2.11 bits per heavy atom. The van der Waals surface area contributed by atoms with Crippen LogP contribution in [-0.4, -0.2) is 6.61 Å². The van der Waals surface area contributed by atoms with Gasteiger partial charge in [0.1, 0.15) is 0 Å². The van der Waals surface area contributed by atoms with Crippen molar-refractivity contribution in [1.82, 2.24) is 0 Å². The monoisotopic (exact) mass is 297 g/mol. The van der Waals surface area contributed by atoms with E-state index >= 15 is 0 Å². The maximum Gasteiger partial charge on any atom is 0.167 e. The molecule has 0 bridgehead atoms. The molecule has 0 aliphatic rings. The molecule has 2 N–H and O–H groups in total. The molecule has 2 aromatic carbocycles. The van der Waals surface area contributed by atoms with E-state index in [1.807, 2.05) is 18.2 Å². The summed E-state index contributed by atoms with van der Waals surface area (Å²) in [5, 5.41) is 0.649. The first-order chi connectivity index (χ1) is 9.10. The largest absolute Gasteiger partial charge is 0.491 e. The number of nitrogen functional groups attached to an aromatic ring is 1. The van der Waals surface area contributed by atoms with Crippen LogP contribution in [0.4, 0.5) is 10.1 Å². The number of benzene rings is 2. The number of rotatable bonds is 4. The number of halogens is 2. The molecule has 0 aromatic heterocycles. The van der Waals surface area contributed by atoms with Crippen LogP contribution in [0.2, 0.25) is 5.02 Å². The maximum atomic E-state index is 13.6. The summed E-state index contributed by atoms with van der Waals surface area (Å²) in [4.78, 5) is 1.68. The van der Waals surface area contributed by atoms with Gasteiger partial charge in [-0.15, -0.1) is 0 Å². The van der Waals surface area contributed by atoms with Crippen LogP contribution in [0.5, 0.6) is 5.75 Å². The maximum absolute atomic E-state index is 13.6. The number of ether oxygens (including phenoxy) is 1. The van der Waals surface area contributed by atoms with Gasteiger partial charge in [0.2, 0.25) is 0 Å². The number of hydrogen-bond acceptors (Lipinski definition) is 3. The fraction of sp³-hybridized carbons (Fsp3) is 0.143. The third kappa shape index (κ3) is 3.55. The Labute approximate surface area is 120 Å². The van der Waals surface area contributed by atoms with Crippen LogP contribution in [0, 0.1) is 5.82 Å². The molecule has 2 nitrogen and oxygen atoms in total. The minimum Gasteiger partial charge on any atom is -0.491 e. The Morgan fingerprint density at radius 3 is 2.79 bits per heavy atom. The summed E-state index contributed by atoms with van der Waals surface area (Å²) >= 11 is 7.35. The van der Waals surface area contributed by atoms with E-state index in [2.05, 4.69) is 0 Å². The molecule has 0 saturated heterocycles. The molecule has 0 aliphatic heterocycles. The lowest BCUT2D eigenvalue weighted by Crippen LogP contribution is -1.97. The van der Waals surface area contributed by atoms with Crippen LogP contribution >= 0.6 is 23.4 Å². The lowest BCUT2D eigenvalue weighted by Gasteiger charge is -2.10. The second-order valence-corrected chi connectivity index (χ2v) is 5.36. The van der Waals surface area contributed by atoms with Crippen LogP contribution in [0.3, 0.4) is 0 Å². The third-order valence-electron chi connectivity index (χ3n) is 2.39. The van der Waals surface area contributed by atoms with Crippen molar-refractivity contribution in [3.63, 3.8) is 0 Å². The molecule has 0 heterocycles. The van der Waals surface area contributed by atoms with Gasteiger partial charge >= 0.3 is 0 Å². The van der Waals surface area contributed by atoms with Gasteiger partial charge in [0.25, 0.3) is 0 Å². The van der Waals surface area contributed by atoms with Crippen LogP contribution in [-0.2, 0) is 0 Å². The molecule has 5 heteroatoms. The highest BCUT2D eigenvalue weighted by Gasteiger charge is 2.10. The van der Waals surface area contributed by atoms with Crippen LogP contribution < -0.4 is 10.5 Å². The molecule has 0 saturated carbocycles. The molecular formula is C14H13ClFNOS. The standard InChI is InChI=1S/C14H13ClFNOS/c1-2-18-13-8-14(12(17)7-11(13)16)19-10-5-3-4-9(15)6-10/h3-8H,2,17H2,1H3. The molecular weight excluding hydrogens is 285 g/mol. The molecule has 2 aromatic rings. The van der Waals surface area contributed by atoms with Gasteiger partial charge in [-0.1, -0.05) is 29.4 Å². The van der Waals surface area contributed by atoms with E-state index in [1.54, 1.807) is 19.1 Å². The van der Waals surface area contributed by atoms with E-state index in [1.165, 1.54) is 17.8 Å². The molecule has 0 amide bonds. The molecule has 0 fully saturated rings. The highest BCUT2D eigenvalue weighted by Crippen LogP contribution is 2.36. The van der Waals surface area contributed by atoms with Gasteiger partial charge in [-0.3, -0.25) is 0 Å². The van der Waals surface area contributed by atoms with Gasteiger partial charge in [0.05, 0.1) is 6.61 Å². The Hall–Kier alpha value is -1.39. The van der Waals surface area contributed by atoms with E-state index < -0.39 is 5.82 Å². The Bertz CT molecular complexity index is 592. The summed E-state index contributed by atoms with van der Waals surface area (Å²) in [5.74, 6) is -0.240. The summed E-state index contributed by atoms with van der Waals surface area (Å²) in [6.07, 6.45) is 0. The molecule has 0 spiro atoms. The zero-order valence-corrected chi connectivity index (χ0v) is 11.9. The van der Waals surface area contributed by atoms with Crippen molar-refractivity contribution in [2.45, 2.75) is 16.7 Å². The Balaban J connectivity index is 2.31. The van der Waals surface area contributed by atoms with Crippen molar-refractivity contribution >= 4 is 29.1 Å². The SMILES string of the molecule is CCOc1cc(Sc2cccc(Cl)c2)c(N)cc1F. The van der Waals surface area contributed by atoms with Gasteiger partial charge in [0.15, 0.2) is 11.6 Å². The van der Waals surface area contributed by atoms with Crippen molar-refractivity contribution in [2.24, 2.45) is 0 Å². The molecule has 0 aliphatic carbocycles. The quantitative estimate of drug-likeness (QED) is 0.837. The van der Waals surface area contributed by atoms with E-state index in [-0.39, 0.29) is 5.75 Å². The van der Waals surface area contributed by atoms with E-state index in [4.69, 9.17) is 22.1 Å². The highest BCUT2D eigenvalue weighted by molar-refractivity contribution is 7.99. The van der Waals surface area contributed by atoms with E-state index in [0.717, 1.165) is 9.79 Å². The predicted octanol–water partition coefficient (Wildman–Crippen LogP) is 4.61. The summed E-state index contributed by atoms with van der Waals surface area (Å²) in [6, 6.07) is 10.3. The number of anilines is 1. The average Bonchev–Trinajstić information content (AvgIpc) is 2.35. The molecule has 0 radical (unpaired) electrons. The van der Waals surface area contributed by atoms with Gasteiger partial charge < -0.3 is 10.5 Å². The highest BCUT2D eigenvalue weighted by atomic mass is 35.5. The van der Waals surface area contributed by atoms with Gasteiger partial charge in [0, 0.05) is 26.6 Å². The lowest BCUT2D eigenvalue weighted by atomic mass is 10.3. The summed E-state index contributed by atoms with van der Waals surface area (Å²) in [5.41, 5.74) is 6.20. The molecule has 2 rings (SSSR count). The molecule has 100 valence electrons. The Morgan fingerprint density at radius 1 is 1.32 bits per heavy atom. The van der Waals surface area contributed by atoms with Crippen LogP contribution in [0.15, 0.2) is 46.2 Å². The Kier molecular flexibility index (Phi) is 4.56. The van der Waals surface area contributed by atoms with E-state index in [0.29, 0.717) is 17.3 Å². The fourth-order valence-corrected chi connectivity index (χ4v) is 2.75. The average molecular weight is 298 g/mol. The van der Waals surface area contributed by atoms with Crippen molar-refractivity contribution in [1.29, 1.82) is 0 Å². The topological polar surface area (TPSA) is 35.2 Å². The van der Waals surface area contributed by atoms with Crippen molar-refractivity contribution in [3.05, 3.63) is 47.2 Å². The normalized spacial score (nSPS) is 10.5. The second-order valence-electron chi connectivity index (χ2n) is 3.81. The van der Waals surface area contributed by atoms with E-state index in [9.17, 15) is 4.39 Å². The first kappa shape index (κ1) is 14.0.